The van der Waals surface area contributed by atoms with Crippen LogP contribution in [0.4, 0.5) is 4.39 Å². The molecule has 2 aromatic rings. The highest BCUT2D eigenvalue weighted by Gasteiger charge is 2.24. The van der Waals surface area contributed by atoms with Gasteiger partial charge in [0.25, 0.3) is 0 Å². The molecule has 0 spiro atoms. The van der Waals surface area contributed by atoms with Gasteiger partial charge in [0, 0.05) is 33.0 Å². The minimum atomic E-state index is -0.324. The maximum Gasteiger partial charge on any atom is 0.185 e. The fourth-order valence-electron chi connectivity index (χ4n) is 3.12. The Bertz CT molecular complexity index is 814. The Balaban J connectivity index is 1.76. The summed E-state index contributed by atoms with van der Waals surface area (Å²) in [6.45, 7) is 3.23. The van der Waals surface area contributed by atoms with Crippen molar-refractivity contribution in [3.63, 3.8) is 0 Å². The van der Waals surface area contributed by atoms with Crippen molar-refractivity contribution in [2.45, 2.75) is 39.2 Å². The summed E-state index contributed by atoms with van der Waals surface area (Å²) in [7, 11) is 0. The van der Waals surface area contributed by atoms with Gasteiger partial charge in [-0.3, -0.25) is 4.79 Å². The van der Waals surface area contributed by atoms with Gasteiger partial charge < -0.3 is 14.0 Å². The maximum atomic E-state index is 13.5. The second kappa shape index (κ2) is 9.19. The van der Waals surface area contributed by atoms with E-state index in [4.69, 9.17) is 26.2 Å². The summed E-state index contributed by atoms with van der Waals surface area (Å²) in [6, 6.07) is 6.24. The van der Waals surface area contributed by atoms with Crippen molar-refractivity contribution in [1.82, 2.24) is 5.16 Å². The largest absolute Gasteiger partial charge is 0.482 e. The van der Waals surface area contributed by atoms with Crippen molar-refractivity contribution in [2.75, 3.05) is 13.2 Å². The van der Waals surface area contributed by atoms with Crippen molar-refractivity contribution in [3.8, 4) is 0 Å². The summed E-state index contributed by atoms with van der Waals surface area (Å²) in [5.41, 5.74) is 1.58. The van der Waals surface area contributed by atoms with Crippen LogP contribution in [0.25, 0.3) is 0 Å². The summed E-state index contributed by atoms with van der Waals surface area (Å²) >= 11 is 4.97. The molecule has 1 aliphatic rings. The van der Waals surface area contributed by atoms with Crippen LogP contribution in [0.1, 0.15) is 53.6 Å². The van der Waals surface area contributed by atoms with Gasteiger partial charge in [-0.25, -0.2) is 4.39 Å². The van der Waals surface area contributed by atoms with Gasteiger partial charge in [-0.2, -0.15) is 0 Å². The Labute approximate surface area is 162 Å². The van der Waals surface area contributed by atoms with Gasteiger partial charge in [0.15, 0.2) is 16.5 Å². The molecule has 1 aromatic heterocycles. The summed E-state index contributed by atoms with van der Waals surface area (Å²) in [5, 5.41) is 4.35. The molecule has 0 aliphatic carbocycles. The minimum Gasteiger partial charge on any atom is -0.482 e. The highest BCUT2D eigenvalue weighted by atomic mass is 32.1. The highest BCUT2D eigenvalue weighted by Crippen LogP contribution is 2.24. The van der Waals surface area contributed by atoms with Crippen molar-refractivity contribution >= 4 is 23.1 Å². The first-order valence-corrected chi connectivity index (χ1v) is 9.40. The molecule has 1 aliphatic heterocycles. The number of ketones is 1. The van der Waals surface area contributed by atoms with Crippen molar-refractivity contribution < 1.29 is 23.2 Å². The molecule has 1 atom stereocenters. The quantitative estimate of drug-likeness (QED) is 0.495. The average Bonchev–Trinajstić information content (AvgIpc) is 3.28. The molecule has 0 radical (unpaired) electrons. The third kappa shape index (κ3) is 5.43. The van der Waals surface area contributed by atoms with Gasteiger partial charge in [0.05, 0.1) is 5.56 Å². The Hall–Kier alpha value is -2.12. The van der Waals surface area contributed by atoms with Gasteiger partial charge in [0.2, 0.25) is 0 Å². The molecule has 2 heterocycles. The second-order valence-corrected chi connectivity index (χ2v) is 7.29. The standard InChI is InChI=1S/C20H22FNO4S/c1-13(27)25-12-17-19(10-15-3-2-4-16(21)9-15)26-22-20(17)18(23)6-5-14-7-8-24-11-14/h2-4,9,14H,5-8,10-12H2,1H3. The molecule has 5 nitrogen and oxygen atoms in total. The van der Waals surface area contributed by atoms with Crippen LogP contribution in [0.3, 0.4) is 0 Å². The van der Waals surface area contributed by atoms with Gasteiger partial charge in [-0.05, 0) is 48.7 Å². The Morgan fingerprint density at radius 1 is 1.44 bits per heavy atom. The van der Waals surface area contributed by atoms with Crippen LogP contribution >= 0.6 is 12.2 Å². The zero-order valence-corrected chi connectivity index (χ0v) is 16.0. The fraction of sp³-hybridized carbons (Fsp3) is 0.450. The number of hydrogen-bond acceptors (Lipinski definition) is 6. The third-order valence-electron chi connectivity index (χ3n) is 4.61. The number of rotatable bonds is 8. The molecule has 0 amide bonds. The number of ether oxygens (including phenoxy) is 2. The SMILES string of the molecule is CC(=S)OCc1c(C(=O)CCC2CCOC2)noc1Cc1cccc(F)c1. The molecule has 27 heavy (non-hydrogen) atoms. The van der Waals surface area contributed by atoms with Crippen LogP contribution in [0.15, 0.2) is 28.8 Å². The number of carbonyl (C=O) groups is 1. The van der Waals surface area contributed by atoms with Crippen molar-refractivity contribution in [2.24, 2.45) is 5.92 Å². The van der Waals surface area contributed by atoms with Gasteiger partial charge in [-0.1, -0.05) is 17.3 Å². The normalized spacial score (nSPS) is 16.4. The molecule has 1 unspecified atom stereocenters. The van der Waals surface area contributed by atoms with E-state index in [0.717, 1.165) is 25.0 Å². The number of carbonyl (C=O) groups excluding carboxylic acids is 1. The van der Waals surface area contributed by atoms with Crippen molar-refractivity contribution in [3.05, 3.63) is 52.7 Å². The van der Waals surface area contributed by atoms with E-state index < -0.39 is 0 Å². The van der Waals surface area contributed by atoms with E-state index >= 15 is 0 Å². The van der Waals surface area contributed by atoms with E-state index in [1.807, 2.05) is 0 Å². The molecular weight excluding hydrogens is 369 g/mol. The number of thiocarbonyl (C=S) groups is 1. The van der Waals surface area contributed by atoms with E-state index in [1.54, 1.807) is 19.1 Å². The molecule has 7 heteroatoms. The lowest BCUT2D eigenvalue weighted by Crippen LogP contribution is -2.09. The smallest absolute Gasteiger partial charge is 0.185 e. The lowest BCUT2D eigenvalue weighted by molar-refractivity contribution is 0.0960. The minimum absolute atomic E-state index is 0.0863. The van der Waals surface area contributed by atoms with Crippen LogP contribution in [0.2, 0.25) is 0 Å². The van der Waals surface area contributed by atoms with Gasteiger partial charge >= 0.3 is 0 Å². The van der Waals surface area contributed by atoms with Crippen LogP contribution in [0, 0.1) is 11.7 Å². The van der Waals surface area contributed by atoms with Crippen LogP contribution in [-0.4, -0.2) is 29.2 Å². The number of nitrogens with zero attached hydrogens (tertiary/aromatic N) is 1. The van der Waals surface area contributed by atoms with Crippen LogP contribution in [0.5, 0.6) is 0 Å². The molecule has 3 rings (SSSR count). The number of halogens is 1. The second-order valence-electron chi connectivity index (χ2n) is 6.71. The summed E-state index contributed by atoms with van der Waals surface area (Å²) < 4.78 is 29.7. The van der Waals surface area contributed by atoms with E-state index in [-0.39, 0.29) is 23.9 Å². The lowest BCUT2D eigenvalue weighted by Gasteiger charge is -2.08. The summed E-state index contributed by atoms with van der Waals surface area (Å²) in [4.78, 5) is 12.7. The molecule has 0 N–H and O–H groups in total. The molecule has 1 fully saturated rings. The lowest BCUT2D eigenvalue weighted by atomic mass is 9.98. The molecule has 0 bridgehead atoms. The number of benzene rings is 1. The summed E-state index contributed by atoms with van der Waals surface area (Å²) in [5.74, 6) is 0.492. The maximum absolute atomic E-state index is 13.5. The number of Topliss-reactive ketones (excluding diaryl/α,β-unsaturated/α-hetero) is 1. The Kier molecular flexibility index (Phi) is 6.68. The van der Waals surface area contributed by atoms with Crippen LogP contribution < -0.4 is 0 Å². The van der Waals surface area contributed by atoms with E-state index in [1.165, 1.54) is 12.1 Å². The first-order valence-electron chi connectivity index (χ1n) is 8.99. The Morgan fingerprint density at radius 3 is 3.00 bits per heavy atom. The van der Waals surface area contributed by atoms with E-state index in [0.29, 0.717) is 41.7 Å². The third-order valence-corrected chi connectivity index (χ3v) is 4.73. The average molecular weight is 391 g/mol. The fourth-order valence-corrected chi connectivity index (χ4v) is 3.18. The number of aromatic nitrogens is 1. The molecule has 0 saturated carbocycles. The van der Waals surface area contributed by atoms with E-state index in [9.17, 15) is 9.18 Å². The first-order chi connectivity index (χ1) is 13.0. The van der Waals surface area contributed by atoms with Gasteiger partial charge in [-0.15, -0.1) is 0 Å². The molecular formula is C20H22FNO4S. The van der Waals surface area contributed by atoms with Crippen LogP contribution in [-0.2, 0) is 22.5 Å². The predicted octanol–water partition coefficient (Wildman–Crippen LogP) is 4.27. The molecule has 1 saturated heterocycles. The van der Waals surface area contributed by atoms with E-state index in [2.05, 4.69) is 5.16 Å². The monoisotopic (exact) mass is 391 g/mol. The number of hydrogen-bond donors (Lipinski definition) is 0. The topological polar surface area (TPSA) is 61.6 Å². The predicted molar refractivity (Wildman–Crippen MR) is 101 cm³/mol. The zero-order valence-electron chi connectivity index (χ0n) is 15.2. The molecule has 1 aromatic carbocycles. The highest BCUT2D eigenvalue weighted by molar-refractivity contribution is 7.80. The Morgan fingerprint density at radius 2 is 2.30 bits per heavy atom. The zero-order chi connectivity index (χ0) is 19.2. The van der Waals surface area contributed by atoms with Crippen molar-refractivity contribution in [1.29, 1.82) is 0 Å². The molecule has 144 valence electrons. The van der Waals surface area contributed by atoms with Gasteiger partial charge in [0.1, 0.15) is 18.2 Å². The summed E-state index contributed by atoms with van der Waals surface area (Å²) in [6.07, 6.45) is 2.45. The first kappa shape index (κ1) is 19.6.